The highest BCUT2D eigenvalue weighted by molar-refractivity contribution is 14.1. The summed E-state index contributed by atoms with van der Waals surface area (Å²) in [7, 11) is 0. The highest BCUT2D eigenvalue weighted by Gasteiger charge is 2.13. The molecule has 0 saturated heterocycles. The average Bonchev–Trinajstić information content (AvgIpc) is 2.36. The van der Waals surface area contributed by atoms with Gasteiger partial charge in [-0.1, -0.05) is 6.07 Å². The minimum absolute atomic E-state index is 0.0128. The van der Waals surface area contributed by atoms with Crippen molar-refractivity contribution >= 4 is 56.8 Å². The Kier molecular flexibility index (Phi) is 4.67. The topological polar surface area (TPSA) is 49.3 Å². The molecule has 0 aliphatic rings. The molecule has 2 aromatic carbocycles. The average molecular weight is 479 g/mol. The highest BCUT2D eigenvalue weighted by Crippen LogP contribution is 2.23. The normalized spacial score (nSPS) is 10.3. The first-order chi connectivity index (χ1) is 8.97. The Morgan fingerprint density at radius 2 is 1.74 bits per heavy atom. The van der Waals surface area contributed by atoms with Crippen LogP contribution in [-0.4, -0.2) is 11.0 Å². The Bertz CT molecular complexity index is 641. The molecule has 2 rings (SSSR count). The molecular formula is C14H11I2NO2. The maximum atomic E-state index is 12.2. The summed E-state index contributed by atoms with van der Waals surface area (Å²) < 4.78 is 1.95. The van der Waals surface area contributed by atoms with E-state index in [4.69, 9.17) is 0 Å². The molecule has 0 aliphatic carbocycles. The van der Waals surface area contributed by atoms with Gasteiger partial charge in [-0.15, -0.1) is 0 Å². The number of anilines is 1. The number of aryl methyl sites for hydroxylation is 1. The van der Waals surface area contributed by atoms with E-state index < -0.39 is 0 Å². The van der Waals surface area contributed by atoms with E-state index in [0.29, 0.717) is 0 Å². The van der Waals surface area contributed by atoms with Crippen LogP contribution in [-0.2, 0) is 0 Å². The lowest BCUT2D eigenvalue weighted by Gasteiger charge is -2.10. The van der Waals surface area contributed by atoms with Crippen molar-refractivity contribution in [2.45, 2.75) is 6.92 Å². The maximum Gasteiger partial charge on any atom is 0.259 e. The molecule has 0 unspecified atom stereocenters. The standard InChI is InChI=1S/C14H11I2NO2/c1-8-2-3-10(16)7-12(8)17-14(19)11-6-9(15)4-5-13(11)18/h2-7,18H,1H3,(H,17,19). The summed E-state index contributed by atoms with van der Waals surface area (Å²) in [4.78, 5) is 12.2. The third kappa shape index (κ3) is 3.59. The Morgan fingerprint density at radius 3 is 2.47 bits per heavy atom. The van der Waals surface area contributed by atoms with E-state index in [1.54, 1.807) is 12.1 Å². The second-order valence-electron chi connectivity index (χ2n) is 4.07. The van der Waals surface area contributed by atoms with E-state index in [1.807, 2.05) is 25.1 Å². The lowest BCUT2D eigenvalue weighted by Crippen LogP contribution is -2.13. The summed E-state index contributed by atoms with van der Waals surface area (Å²) in [5.41, 5.74) is 2.03. The summed E-state index contributed by atoms with van der Waals surface area (Å²) in [6.45, 7) is 1.93. The van der Waals surface area contributed by atoms with Gasteiger partial charge in [0, 0.05) is 12.8 Å². The van der Waals surface area contributed by atoms with E-state index in [9.17, 15) is 9.90 Å². The molecule has 0 saturated carbocycles. The van der Waals surface area contributed by atoms with E-state index in [2.05, 4.69) is 50.5 Å². The number of rotatable bonds is 2. The quantitative estimate of drug-likeness (QED) is 0.637. The zero-order chi connectivity index (χ0) is 14.0. The van der Waals surface area contributed by atoms with Gasteiger partial charge in [-0.3, -0.25) is 4.79 Å². The Hall–Kier alpha value is -0.830. The molecule has 1 amide bonds. The first-order valence-electron chi connectivity index (χ1n) is 5.53. The number of phenolic OH excluding ortho intramolecular Hbond substituents is 1. The van der Waals surface area contributed by atoms with Crippen molar-refractivity contribution in [1.82, 2.24) is 0 Å². The molecule has 0 aromatic heterocycles. The second-order valence-corrected chi connectivity index (χ2v) is 6.57. The van der Waals surface area contributed by atoms with Gasteiger partial charge in [0.15, 0.2) is 0 Å². The monoisotopic (exact) mass is 479 g/mol. The van der Waals surface area contributed by atoms with E-state index in [1.165, 1.54) is 6.07 Å². The molecule has 0 aliphatic heterocycles. The SMILES string of the molecule is Cc1ccc(I)cc1NC(=O)c1cc(I)ccc1O. The fraction of sp³-hybridized carbons (Fsp3) is 0.0714. The Morgan fingerprint density at radius 1 is 1.11 bits per heavy atom. The van der Waals surface area contributed by atoms with Gasteiger partial charge >= 0.3 is 0 Å². The van der Waals surface area contributed by atoms with Crippen molar-refractivity contribution in [2.24, 2.45) is 0 Å². The van der Waals surface area contributed by atoms with Crippen LogP contribution in [0, 0.1) is 14.1 Å². The van der Waals surface area contributed by atoms with Crippen LogP contribution < -0.4 is 5.32 Å². The maximum absolute atomic E-state index is 12.2. The molecule has 2 aromatic rings. The molecule has 98 valence electrons. The number of amides is 1. The summed E-state index contributed by atoms with van der Waals surface area (Å²) in [6, 6.07) is 10.8. The third-order valence-corrected chi connectivity index (χ3v) is 3.99. The van der Waals surface area contributed by atoms with E-state index >= 15 is 0 Å². The van der Waals surface area contributed by atoms with Crippen LogP contribution in [0.5, 0.6) is 5.75 Å². The van der Waals surface area contributed by atoms with Crippen molar-refractivity contribution in [2.75, 3.05) is 5.32 Å². The molecule has 2 N–H and O–H groups in total. The van der Waals surface area contributed by atoms with Gasteiger partial charge < -0.3 is 10.4 Å². The van der Waals surface area contributed by atoms with Gasteiger partial charge in [0.05, 0.1) is 5.56 Å². The summed E-state index contributed by atoms with van der Waals surface area (Å²) in [5, 5.41) is 12.6. The summed E-state index contributed by atoms with van der Waals surface area (Å²) >= 11 is 4.30. The van der Waals surface area contributed by atoms with E-state index in [0.717, 1.165) is 18.4 Å². The molecule has 19 heavy (non-hydrogen) atoms. The predicted octanol–water partition coefficient (Wildman–Crippen LogP) is 4.16. The fourth-order valence-corrected chi connectivity index (χ4v) is 2.59. The highest BCUT2D eigenvalue weighted by atomic mass is 127. The molecule has 5 heteroatoms. The van der Waals surface area contributed by atoms with Crippen molar-refractivity contribution in [1.29, 1.82) is 0 Å². The molecule has 0 fully saturated rings. The van der Waals surface area contributed by atoms with Crippen LogP contribution in [0.25, 0.3) is 0 Å². The first kappa shape index (κ1) is 14.6. The van der Waals surface area contributed by atoms with Gasteiger partial charge in [0.25, 0.3) is 5.91 Å². The number of halogens is 2. The van der Waals surface area contributed by atoms with Crippen molar-refractivity contribution in [3.05, 3.63) is 54.7 Å². The van der Waals surface area contributed by atoms with Crippen LogP contribution in [0.15, 0.2) is 36.4 Å². The number of benzene rings is 2. The van der Waals surface area contributed by atoms with E-state index in [-0.39, 0.29) is 17.2 Å². The van der Waals surface area contributed by atoms with Gasteiger partial charge in [0.1, 0.15) is 5.75 Å². The lowest BCUT2D eigenvalue weighted by molar-refractivity contribution is 0.102. The number of hydrogen-bond acceptors (Lipinski definition) is 2. The minimum atomic E-state index is -0.305. The molecule has 0 spiro atoms. The Labute approximate surface area is 138 Å². The van der Waals surface area contributed by atoms with Crippen LogP contribution in [0.1, 0.15) is 15.9 Å². The summed E-state index contributed by atoms with van der Waals surface area (Å²) in [5.74, 6) is -0.317. The third-order valence-electron chi connectivity index (χ3n) is 2.65. The fourth-order valence-electron chi connectivity index (χ4n) is 1.61. The molecular weight excluding hydrogens is 468 g/mol. The van der Waals surface area contributed by atoms with Crippen molar-refractivity contribution < 1.29 is 9.90 Å². The van der Waals surface area contributed by atoms with Gasteiger partial charge in [-0.2, -0.15) is 0 Å². The summed E-state index contributed by atoms with van der Waals surface area (Å²) in [6.07, 6.45) is 0. The second kappa shape index (κ2) is 6.08. The molecule has 0 radical (unpaired) electrons. The minimum Gasteiger partial charge on any atom is -0.507 e. The Balaban J connectivity index is 2.30. The van der Waals surface area contributed by atoms with Crippen molar-refractivity contribution in [3.63, 3.8) is 0 Å². The first-order valence-corrected chi connectivity index (χ1v) is 7.69. The zero-order valence-electron chi connectivity index (χ0n) is 10.1. The molecule has 0 atom stereocenters. The van der Waals surface area contributed by atoms with Crippen LogP contribution in [0.3, 0.4) is 0 Å². The van der Waals surface area contributed by atoms with Gasteiger partial charge in [-0.05, 0) is 88.0 Å². The van der Waals surface area contributed by atoms with Crippen molar-refractivity contribution in [3.8, 4) is 5.75 Å². The number of nitrogens with one attached hydrogen (secondary N) is 1. The molecule has 0 heterocycles. The number of hydrogen-bond donors (Lipinski definition) is 2. The van der Waals surface area contributed by atoms with Crippen LogP contribution in [0.2, 0.25) is 0 Å². The molecule has 0 bridgehead atoms. The molecule has 3 nitrogen and oxygen atoms in total. The zero-order valence-corrected chi connectivity index (χ0v) is 14.4. The largest absolute Gasteiger partial charge is 0.507 e. The number of carbonyl (C=O) groups excluding carboxylic acids is 1. The number of phenols is 1. The number of carbonyl (C=O) groups is 1. The predicted molar refractivity (Wildman–Crippen MR) is 92.7 cm³/mol. The van der Waals surface area contributed by atoms with Crippen LogP contribution in [0.4, 0.5) is 5.69 Å². The van der Waals surface area contributed by atoms with Crippen LogP contribution >= 0.6 is 45.2 Å². The smallest absolute Gasteiger partial charge is 0.259 e. The van der Waals surface area contributed by atoms with Gasteiger partial charge in [-0.25, -0.2) is 0 Å². The van der Waals surface area contributed by atoms with Gasteiger partial charge in [0.2, 0.25) is 0 Å². The number of aromatic hydroxyl groups is 1. The lowest BCUT2D eigenvalue weighted by atomic mass is 10.1.